The predicted molar refractivity (Wildman–Crippen MR) is 138 cm³/mol. The number of nitrogens with zero attached hydrogens (tertiary/aromatic N) is 1. The van der Waals surface area contributed by atoms with E-state index in [-0.39, 0.29) is 29.0 Å². The lowest BCUT2D eigenvalue weighted by Crippen LogP contribution is -2.45. The number of carbonyl (C=O) groups excluding carboxylic acids is 2. The van der Waals surface area contributed by atoms with Crippen LogP contribution >= 0.6 is 11.8 Å². The third-order valence-corrected chi connectivity index (χ3v) is 8.21. The molecule has 0 aromatic heterocycles. The molecule has 3 aromatic carbocycles. The second-order valence-electron chi connectivity index (χ2n) is 8.34. The Morgan fingerprint density at radius 2 is 1.56 bits per heavy atom. The smallest absolute Gasteiger partial charge is 0.261 e. The van der Waals surface area contributed by atoms with Crippen LogP contribution in [-0.2, 0) is 14.8 Å². The average molecular weight is 526 g/mol. The van der Waals surface area contributed by atoms with Crippen molar-refractivity contribution in [2.75, 3.05) is 24.4 Å². The van der Waals surface area contributed by atoms with E-state index in [0.29, 0.717) is 31.6 Å². The number of likely N-dealkylation sites (tertiary alicyclic amines) is 1. The molecule has 188 valence electrons. The van der Waals surface area contributed by atoms with E-state index in [4.69, 9.17) is 0 Å². The lowest BCUT2D eigenvalue weighted by atomic mass is 10.1. The van der Waals surface area contributed by atoms with Crippen LogP contribution in [0.3, 0.4) is 0 Å². The van der Waals surface area contributed by atoms with Gasteiger partial charge in [0, 0.05) is 28.4 Å². The first kappa shape index (κ1) is 25.7. The minimum Gasteiger partial charge on any atom is -0.393 e. The highest BCUT2D eigenvalue weighted by molar-refractivity contribution is 7.99. The standard InChI is InChI=1S/C26H27N3O5S2/c30-20-14-16-29(17-15-20)25(31)18-27-26(32)19-10-12-22(13-11-19)36(33,34)28-23-8-4-5-9-24(23)35-21-6-2-1-3-7-21/h1-13,20,28,30H,14-18H2,(H,27,32). The van der Waals surface area contributed by atoms with Gasteiger partial charge in [0.15, 0.2) is 0 Å². The molecule has 36 heavy (non-hydrogen) atoms. The zero-order chi connectivity index (χ0) is 25.5. The van der Waals surface area contributed by atoms with E-state index in [9.17, 15) is 23.1 Å². The van der Waals surface area contributed by atoms with Gasteiger partial charge in [0.05, 0.1) is 23.2 Å². The van der Waals surface area contributed by atoms with Gasteiger partial charge in [-0.1, -0.05) is 42.1 Å². The summed E-state index contributed by atoms with van der Waals surface area (Å²) in [4.78, 5) is 28.1. The van der Waals surface area contributed by atoms with Crippen molar-refractivity contribution in [3.8, 4) is 0 Å². The van der Waals surface area contributed by atoms with Crippen LogP contribution in [0.2, 0.25) is 0 Å². The SMILES string of the molecule is O=C(NCC(=O)N1CCC(O)CC1)c1ccc(S(=O)(=O)Nc2ccccc2Sc2ccccc2)cc1. The van der Waals surface area contributed by atoms with Gasteiger partial charge in [-0.25, -0.2) is 8.42 Å². The molecule has 0 saturated carbocycles. The number of nitrogens with one attached hydrogen (secondary N) is 2. The van der Waals surface area contributed by atoms with Crippen molar-refractivity contribution in [1.29, 1.82) is 0 Å². The zero-order valence-corrected chi connectivity index (χ0v) is 21.1. The summed E-state index contributed by atoms with van der Waals surface area (Å²) >= 11 is 1.45. The molecule has 1 saturated heterocycles. The first-order valence-electron chi connectivity index (χ1n) is 11.5. The number of carbonyl (C=O) groups is 2. The molecule has 0 spiro atoms. The fourth-order valence-corrected chi connectivity index (χ4v) is 5.80. The van der Waals surface area contributed by atoms with Gasteiger partial charge in [0.1, 0.15) is 0 Å². The lowest BCUT2D eigenvalue weighted by Gasteiger charge is -2.29. The highest BCUT2D eigenvalue weighted by atomic mass is 32.2. The van der Waals surface area contributed by atoms with Crippen LogP contribution in [0.4, 0.5) is 5.69 Å². The number of benzene rings is 3. The summed E-state index contributed by atoms with van der Waals surface area (Å²) in [6.45, 7) is 0.761. The molecule has 2 amide bonds. The van der Waals surface area contributed by atoms with E-state index >= 15 is 0 Å². The summed E-state index contributed by atoms with van der Waals surface area (Å²) < 4.78 is 28.7. The number of para-hydroxylation sites is 1. The molecule has 1 fully saturated rings. The van der Waals surface area contributed by atoms with Gasteiger partial charge in [0.25, 0.3) is 15.9 Å². The van der Waals surface area contributed by atoms with Gasteiger partial charge >= 0.3 is 0 Å². The largest absolute Gasteiger partial charge is 0.393 e. The second-order valence-corrected chi connectivity index (χ2v) is 11.1. The molecule has 1 aliphatic heterocycles. The van der Waals surface area contributed by atoms with Crippen LogP contribution in [0.1, 0.15) is 23.2 Å². The van der Waals surface area contributed by atoms with Crippen LogP contribution in [0.15, 0.2) is 93.5 Å². The molecular formula is C26H27N3O5S2. The third kappa shape index (κ3) is 6.66. The topological polar surface area (TPSA) is 116 Å². The third-order valence-electron chi connectivity index (χ3n) is 5.75. The Labute approximate surface area is 214 Å². The van der Waals surface area contributed by atoms with Crippen molar-refractivity contribution in [3.63, 3.8) is 0 Å². The van der Waals surface area contributed by atoms with Crippen molar-refractivity contribution in [2.45, 2.75) is 33.6 Å². The van der Waals surface area contributed by atoms with Crippen molar-refractivity contribution in [2.24, 2.45) is 0 Å². The van der Waals surface area contributed by atoms with Crippen LogP contribution in [0.25, 0.3) is 0 Å². The van der Waals surface area contributed by atoms with Crippen molar-refractivity contribution in [1.82, 2.24) is 10.2 Å². The Hall–Kier alpha value is -3.34. The quantitative estimate of drug-likeness (QED) is 0.415. The van der Waals surface area contributed by atoms with Crippen LogP contribution in [-0.4, -0.2) is 56.0 Å². The molecule has 1 heterocycles. The minimum absolute atomic E-state index is 0.0153. The molecule has 0 radical (unpaired) electrons. The van der Waals surface area contributed by atoms with Gasteiger partial charge in [-0.2, -0.15) is 0 Å². The fraction of sp³-hybridized carbons (Fsp3) is 0.231. The summed E-state index contributed by atoms with van der Waals surface area (Å²) in [5, 5.41) is 12.1. The van der Waals surface area contributed by atoms with E-state index in [1.54, 1.807) is 17.0 Å². The first-order valence-corrected chi connectivity index (χ1v) is 13.8. The number of piperidine rings is 1. The van der Waals surface area contributed by atoms with Crippen molar-refractivity contribution >= 4 is 39.3 Å². The normalized spacial score (nSPS) is 14.3. The lowest BCUT2D eigenvalue weighted by molar-refractivity contribution is -0.132. The summed E-state index contributed by atoms with van der Waals surface area (Å²) in [6, 6.07) is 22.3. The highest BCUT2D eigenvalue weighted by Crippen LogP contribution is 2.34. The summed E-state index contributed by atoms with van der Waals surface area (Å²) in [7, 11) is -3.89. The fourth-order valence-electron chi connectivity index (χ4n) is 3.73. The Morgan fingerprint density at radius 3 is 2.25 bits per heavy atom. The number of amides is 2. The Kier molecular flexibility index (Phi) is 8.29. The van der Waals surface area contributed by atoms with E-state index in [1.807, 2.05) is 42.5 Å². The molecule has 0 atom stereocenters. The van der Waals surface area contributed by atoms with Crippen LogP contribution in [0, 0.1) is 0 Å². The van der Waals surface area contributed by atoms with Gasteiger partial charge in [-0.15, -0.1) is 0 Å². The molecule has 1 aliphatic rings. The maximum Gasteiger partial charge on any atom is 0.261 e. The number of rotatable bonds is 8. The molecule has 0 bridgehead atoms. The molecule has 0 unspecified atom stereocenters. The van der Waals surface area contributed by atoms with E-state index < -0.39 is 15.9 Å². The molecule has 3 N–H and O–H groups in total. The summed E-state index contributed by atoms with van der Waals surface area (Å²) in [5.74, 6) is -0.687. The van der Waals surface area contributed by atoms with Gasteiger partial charge in [-0.3, -0.25) is 14.3 Å². The number of hydrogen-bond acceptors (Lipinski definition) is 6. The molecule has 4 rings (SSSR count). The van der Waals surface area contributed by atoms with Crippen molar-refractivity contribution in [3.05, 3.63) is 84.4 Å². The van der Waals surface area contributed by atoms with Gasteiger partial charge in [-0.05, 0) is 61.4 Å². The molecular weight excluding hydrogens is 498 g/mol. The van der Waals surface area contributed by atoms with Crippen molar-refractivity contribution < 1.29 is 23.1 Å². The summed E-state index contributed by atoms with van der Waals surface area (Å²) in [5.41, 5.74) is 0.702. The summed E-state index contributed by atoms with van der Waals surface area (Å²) in [6.07, 6.45) is 0.669. The van der Waals surface area contributed by atoms with Gasteiger partial charge in [0.2, 0.25) is 5.91 Å². The highest BCUT2D eigenvalue weighted by Gasteiger charge is 2.22. The zero-order valence-electron chi connectivity index (χ0n) is 19.5. The van der Waals surface area contributed by atoms with Crippen LogP contribution in [0.5, 0.6) is 0 Å². The van der Waals surface area contributed by atoms with Crippen LogP contribution < -0.4 is 10.0 Å². The second kappa shape index (κ2) is 11.6. The number of sulfonamides is 1. The van der Waals surface area contributed by atoms with E-state index in [0.717, 1.165) is 9.79 Å². The van der Waals surface area contributed by atoms with Gasteiger partial charge < -0.3 is 15.3 Å². The number of aliphatic hydroxyl groups excluding tert-OH is 1. The monoisotopic (exact) mass is 525 g/mol. The minimum atomic E-state index is -3.89. The molecule has 10 heteroatoms. The Bertz CT molecular complexity index is 1310. The molecule has 3 aromatic rings. The Morgan fingerprint density at radius 1 is 0.917 bits per heavy atom. The predicted octanol–water partition coefficient (Wildman–Crippen LogP) is 3.35. The Balaban J connectivity index is 1.38. The number of aliphatic hydroxyl groups is 1. The first-order chi connectivity index (χ1) is 17.3. The number of anilines is 1. The molecule has 8 nitrogen and oxygen atoms in total. The van der Waals surface area contributed by atoms with E-state index in [1.165, 1.54) is 36.0 Å². The average Bonchev–Trinajstić information content (AvgIpc) is 2.89. The van der Waals surface area contributed by atoms with E-state index in [2.05, 4.69) is 10.0 Å². The molecule has 0 aliphatic carbocycles. The maximum atomic E-state index is 13.0. The maximum absolute atomic E-state index is 13.0. The number of hydrogen-bond donors (Lipinski definition) is 3.